The van der Waals surface area contributed by atoms with Crippen LogP contribution in [0.15, 0.2) is 60.7 Å². The van der Waals surface area contributed by atoms with Crippen LogP contribution in [-0.4, -0.2) is 27.5 Å². The minimum absolute atomic E-state index is 0.0697. The highest BCUT2D eigenvalue weighted by Gasteiger charge is 2.13. The van der Waals surface area contributed by atoms with Gasteiger partial charge in [-0.2, -0.15) is 0 Å². The van der Waals surface area contributed by atoms with Gasteiger partial charge in [-0.3, -0.25) is 4.79 Å². The molecule has 0 aliphatic rings. The molecule has 0 radical (unpaired) electrons. The maximum atomic E-state index is 12.5. The summed E-state index contributed by atoms with van der Waals surface area (Å²) in [5.41, 5.74) is 2.17. The van der Waals surface area contributed by atoms with Crippen LogP contribution < -0.4 is 14.8 Å². The standard InChI is InChI=1S/C23H26N2O4S/c1-16(2)25-30(27,28)15-18-6-4-17(5-7-18)14-24-23(26)21-9-8-20-13-22(29-3)11-10-19(20)12-21/h4-13,16,25H,14-15H2,1-3H3,(H,24,26). The second kappa shape index (κ2) is 9.28. The average Bonchev–Trinajstić information content (AvgIpc) is 2.71. The largest absolute Gasteiger partial charge is 0.497 e. The molecule has 3 aromatic carbocycles. The van der Waals surface area contributed by atoms with Crippen LogP contribution in [0.2, 0.25) is 0 Å². The number of rotatable bonds is 8. The van der Waals surface area contributed by atoms with Gasteiger partial charge in [0.15, 0.2) is 0 Å². The van der Waals surface area contributed by atoms with Crippen LogP contribution in [0.3, 0.4) is 0 Å². The van der Waals surface area contributed by atoms with E-state index in [2.05, 4.69) is 10.0 Å². The Kier molecular flexibility index (Phi) is 6.74. The molecule has 0 unspecified atom stereocenters. The number of fused-ring (bicyclic) bond motifs is 1. The number of ether oxygens (including phenoxy) is 1. The van der Waals surface area contributed by atoms with Crippen molar-refractivity contribution in [2.24, 2.45) is 0 Å². The molecule has 0 heterocycles. The molecular formula is C23H26N2O4S. The van der Waals surface area contributed by atoms with E-state index in [1.54, 1.807) is 39.2 Å². The van der Waals surface area contributed by atoms with Crippen LogP contribution in [-0.2, 0) is 22.3 Å². The molecule has 0 aliphatic carbocycles. The lowest BCUT2D eigenvalue weighted by Crippen LogP contribution is -2.31. The van der Waals surface area contributed by atoms with Gasteiger partial charge in [0.1, 0.15) is 5.75 Å². The van der Waals surface area contributed by atoms with Crippen molar-refractivity contribution in [3.05, 3.63) is 77.4 Å². The molecule has 0 aliphatic heterocycles. The van der Waals surface area contributed by atoms with Gasteiger partial charge in [0, 0.05) is 18.2 Å². The summed E-state index contributed by atoms with van der Waals surface area (Å²) in [6.07, 6.45) is 0. The van der Waals surface area contributed by atoms with Crippen LogP contribution in [0.25, 0.3) is 10.8 Å². The number of sulfonamides is 1. The van der Waals surface area contributed by atoms with Gasteiger partial charge in [-0.15, -0.1) is 0 Å². The highest BCUT2D eigenvalue weighted by Crippen LogP contribution is 2.22. The fourth-order valence-electron chi connectivity index (χ4n) is 3.15. The number of hydrogen-bond donors (Lipinski definition) is 2. The number of hydrogen-bond acceptors (Lipinski definition) is 4. The van der Waals surface area contributed by atoms with Gasteiger partial charge in [-0.05, 0) is 60.0 Å². The SMILES string of the molecule is COc1ccc2cc(C(=O)NCc3ccc(CS(=O)(=O)NC(C)C)cc3)ccc2c1. The molecule has 30 heavy (non-hydrogen) atoms. The van der Waals surface area contributed by atoms with Crippen LogP contribution in [0.5, 0.6) is 5.75 Å². The van der Waals surface area contributed by atoms with Crippen molar-refractivity contribution in [1.29, 1.82) is 0 Å². The normalized spacial score (nSPS) is 11.6. The summed E-state index contributed by atoms with van der Waals surface area (Å²) in [6.45, 7) is 3.93. The zero-order valence-electron chi connectivity index (χ0n) is 17.3. The minimum Gasteiger partial charge on any atom is -0.497 e. The number of amides is 1. The minimum atomic E-state index is -3.36. The zero-order chi connectivity index (χ0) is 21.7. The van der Waals surface area contributed by atoms with E-state index in [-0.39, 0.29) is 17.7 Å². The molecule has 7 heteroatoms. The third kappa shape index (κ3) is 5.81. The van der Waals surface area contributed by atoms with E-state index < -0.39 is 10.0 Å². The number of nitrogens with one attached hydrogen (secondary N) is 2. The summed E-state index contributed by atoms with van der Waals surface area (Å²) >= 11 is 0. The van der Waals surface area contributed by atoms with Crippen molar-refractivity contribution in [2.75, 3.05) is 7.11 Å². The van der Waals surface area contributed by atoms with Crippen molar-refractivity contribution in [3.63, 3.8) is 0 Å². The van der Waals surface area contributed by atoms with E-state index in [0.717, 1.165) is 22.1 Å². The van der Waals surface area contributed by atoms with Gasteiger partial charge in [0.2, 0.25) is 10.0 Å². The first-order chi connectivity index (χ1) is 14.3. The highest BCUT2D eigenvalue weighted by atomic mass is 32.2. The number of carbonyl (C=O) groups is 1. The molecule has 0 saturated carbocycles. The molecule has 3 rings (SSSR count). The molecule has 0 atom stereocenters. The number of benzene rings is 3. The van der Waals surface area contributed by atoms with Gasteiger partial charge in [0.25, 0.3) is 5.91 Å². The third-order valence-corrected chi connectivity index (χ3v) is 6.10. The van der Waals surface area contributed by atoms with Crippen molar-refractivity contribution >= 4 is 26.7 Å². The topological polar surface area (TPSA) is 84.5 Å². The fraction of sp³-hybridized carbons (Fsp3) is 0.261. The fourth-order valence-corrected chi connectivity index (χ4v) is 4.58. The average molecular weight is 427 g/mol. The lowest BCUT2D eigenvalue weighted by molar-refractivity contribution is 0.0951. The van der Waals surface area contributed by atoms with Crippen molar-refractivity contribution in [2.45, 2.75) is 32.2 Å². The van der Waals surface area contributed by atoms with Gasteiger partial charge < -0.3 is 10.1 Å². The summed E-state index contributed by atoms with van der Waals surface area (Å²) in [7, 11) is -1.74. The van der Waals surface area contributed by atoms with Crippen molar-refractivity contribution in [3.8, 4) is 5.75 Å². The van der Waals surface area contributed by atoms with Gasteiger partial charge in [0.05, 0.1) is 12.9 Å². The molecule has 158 valence electrons. The predicted octanol–water partition coefficient (Wildman–Crippen LogP) is 3.61. The second-order valence-electron chi connectivity index (χ2n) is 7.46. The van der Waals surface area contributed by atoms with E-state index >= 15 is 0 Å². The summed E-state index contributed by atoms with van der Waals surface area (Å²) in [5.74, 6) is 0.538. The Labute approximate surface area is 177 Å². The monoisotopic (exact) mass is 426 g/mol. The first-order valence-electron chi connectivity index (χ1n) is 9.69. The Morgan fingerprint density at radius 1 is 0.933 bits per heavy atom. The van der Waals surface area contributed by atoms with E-state index in [1.807, 2.05) is 42.5 Å². The molecule has 0 fully saturated rings. The smallest absolute Gasteiger partial charge is 0.251 e. The molecule has 6 nitrogen and oxygen atoms in total. The Balaban J connectivity index is 1.61. The van der Waals surface area contributed by atoms with E-state index in [0.29, 0.717) is 17.7 Å². The highest BCUT2D eigenvalue weighted by molar-refractivity contribution is 7.88. The first-order valence-corrected chi connectivity index (χ1v) is 11.3. The van der Waals surface area contributed by atoms with Gasteiger partial charge in [-0.25, -0.2) is 13.1 Å². The third-order valence-electron chi connectivity index (χ3n) is 4.56. The van der Waals surface area contributed by atoms with Gasteiger partial charge in [-0.1, -0.05) is 36.4 Å². The van der Waals surface area contributed by atoms with E-state index in [9.17, 15) is 13.2 Å². The van der Waals surface area contributed by atoms with Crippen molar-refractivity contribution in [1.82, 2.24) is 10.0 Å². The van der Waals surface area contributed by atoms with Gasteiger partial charge >= 0.3 is 0 Å². The Hall–Kier alpha value is -2.90. The second-order valence-corrected chi connectivity index (χ2v) is 9.21. The lowest BCUT2D eigenvalue weighted by atomic mass is 10.1. The summed E-state index contributed by atoms with van der Waals surface area (Å²) in [4.78, 5) is 12.5. The molecule has 1 amide bonds. The lowest BCUT2D eigenvalue weighted by Gasteiger charge is -2.10. The predicted molar refractivity (Wildman–Crippen MR) is 119 cm³/mol. The maximum absolute atomic E-state index is 12.5. The Bertz CT molecular complexity index is 1140. The molecule has 0 bridgehead atoms. The summed E-state index contributed by atoms with van der Waals surface area (Å²) < 4.78 is 31.8. The Morgan fingerprint density at radius 3 is 2.23 bits per heavy atom. The zero-order valence-corrected chi connectivity index (χ0v) is 18.1. The van der Waals surface area contributed by atoms with Crippen LogP contribution in [0, 0.1) is 0 Å². The van der Waals surface area contributed by atoms with Crippen LogP contribution in [0.1, 0.15) is 35.3 Å². The molecule has 2 N–H and O–H groups in total. The van der Waals surface area contributed by atoms with Crippen LogP contribution in [0.4, 0.5) is 0 Å². The summed E-state index contributed by atoms with van der Waals surface area (Å²) in [6, 6.07) is 18.3. The van der Waals surface area contributed by atoms with E-state index in [4.69, 9.17) is 4.74 Å². The van der Waals surface area contributed by atoms with Crippen molar-refractivity contribution < 1.29 is 17.9 Å². The molecule has 0 spiro atoms. The number of carbonyl (C=O) groups excluding carboxylic acids is 1. The Morgan fingerprint density at radius 2 is 1.57 bits per heavy atom. The van der Waals surface area contributed by atoms with E-state index in [1.165, 1.54) is 0 Å². The van der Waals surface area contributed by atoms with Crippen LogP contribution >= 0.6 is 0 Å². The molecule has 3 aromatic rings. The first kappa shape index (κ1) is 21.8. The molecular weight excluding hydrogens is 400 g/mol. The quantitative estimate of drug-likeness (QED) is 0.576. The molecule has 0 aromatic heterocycles. The maximum Gasteiger partial charge on any atom is 0.251 e. The summed E-state index contributed by atoms with van der Waals surface area (Å²) in [5, 5.41) is 4.87. The molecule has 0 saturated heterocycles. The number of methoxy groups -OCH3 is 1.